The third-order valence-corrected chi connectivity index (χ3v) is 6.89. The number of halogens is 1. The van der Waals surface area contributed by atoms with Gasteiger partial charge >= 0.3 is 0 Å². The Hall–Kier alpha value is -3.33. The maximum Gasteiger partial charge on any atom is 0.285 e. The molecule has 9 heteroatoms. The molecule has 2 amide bonds. The van der Waals surface area contributed by atoms with E-state index in [9.17, 15) is 9.59 Å². The molecule has 1 saturated heterocycles. The predicted molar refractivity (Wildman–Crippen MR) is 142 cm³/mol. The van der Waals surface area contributed by atoms with Crippen molar-refractivity contribution in [2.75, 3.05) is 7.11 Å². The van der Waals surface area contributed by atoms with Gasteiger partial charge in [-0.3, -0.25) is 15.0 Å². The Kier molecular flexibility index (Phi) is 7.75. The molecule has 3 aromatic rings. The molecule has 0 unspecified atom stereocenters. The van der Waals surface area contributed by atoms with E-state index >= 15 is 0 Å². The van der Waals surface area contributed by atoms with E-state index in [4.69, 9.17) is 33.3 Å². The molecule has 0 aromatic heterocycles. The lowest BCUT2D eigenvalue weighted by Crippen LogP contribution is -2.44. The third kappa shape index (κ3) is 5.67. The van der Waals surface area contributed by atoms with E-state index in [-0.39, 0.29) is 14.9 Å². The summed E-state index contributed by atoms with van der Waals surface area (Å²) in [5.74, 6) is 0.173. The van der Waals surface area contributed by atoms with Crippen molar-refractivity contribution < 1.29 is 19.1 Å². The standard InChI is InChI=1S/C26H21ClN2O4S2/c1-16-7-3-4-8-18(16)15-33-21-12-11-17(13-22(21)32-2)14-23-25(31)29(26(34)35-23)28-24(30)19-9-5-6-10-20(19)27/h3-14H,15H2,1-2H3,(H,28,30)/b23-14-. The summed E-state index contributed by atoms with van der Waals surface area (Å²) in [4.78, 5) is 25.9. The zero-order chi connectivity index (χ0) is 24.9. The van der Waals surface area contributed by atoms with Crippen LogP contribution in [0.15, 0.2) is 71.6 Å². The number of amides is 2. The molecule has 1 fully saturated rings. The minimum Gasteiger partial charge on any atom is -0.493 e. The Balaban J connectivity index is 1.48. The largest absolute Gasteiger partial charge is 0.493 e. The molecule has 1 heterocycles. The Labute approximate surface area is 217 Å². The normalized spacial score (nSPS) is 14.4. The molecule has 1 aliphatic rings. The van der Waals surface area contributed by atoms with Gasteiger partial charge in [-0.1, -0.05) is 65.8 Å². The Morgan fingerprint density at radius 2 is 1.86 bits per heavy atom. The van der Waals surface area contributed by atoms with Crippen molar-refractivity contribution in [2.45, 2.75) is 13.5 Å². The van der Waals surface area contributed by atoms with Gasteiger partial charge in [0.15, 0.2) is 15.8 Å². The van der Waals surface area contributed by atoms with E-state index in [1.807, 2.05) is 37.3 Å². The van der Waals surface area contributed by atoms with Crippen LogP contribution in [0.3, 0.4) is 0 Å². The molecule has 0 atom stereocenters. The molecule has 6 nitrogen and oxygen atoms in total. The predicted octanol–water partition coefficient (Wildman–Crippen LogP) is 5.78. The van der Waals surface area contributed by atoms with Crippen LogP contribution in [0.5, 0.6) is 11.5 Å². The molecule has 1 aliphatic heterocycles. The third-order valence-electron chi connectivity index (χ3n) is 5.26. The SMILES string of the molecule is COc1cc(/C=C2\SC(=S)N(NC(=O)c3ccccc3Cl)C2=O)ccc1OCc1ccccc1C. The van der Waals surface area contributed by atoms with Crippen molar-refractivity contribution >= 4 is 57.8 Å². The topological polar surface area (TPSA) is 67.9 Å². The number of hydrogen-bond donors (Lipinski definition) is 1. The molecule has 35 heavy (non-hydrogen) atoms. The lowest BCUT2D eigenvalue weighted by atomic mass is 10.1. The van der Waals surface area contributed by atoms with Crippen molar-refractivity contribution in [1.82, 2.24) is 10.4 Å². The van der Waals surface area contributed by atoms with Gasteiger partial charge in [0.05, 0.1) is 22.6 Å². The molecule has 0 spiro atoms. The highest BCUT2D eigenvalue weighted by atomic mass is 35.5. The number of rotatable bonds is 7. The van der Waals surface area contributed by atoms with Crippen molar-refractivity contribution in [2.24, 2.45) is 0 Å². The first-order valence-corrected chi connectivity index (χ1v) is 12.2. The molecule has 4 rings (SSSR count). The number of nitrogens with zero attached hydrogens (tertiary/aromatic N) is 1. The summed E-state index contributed by atoms with van der Waals surface area (Å²) < 4.78 is 11.7. The quantitative estimate of drug-likeness (QED) is 0.312. The van der Waals surface area contributed by atoms with Gasteiger partial charge in [-0.05, 0) is 66.2 Å². The molecule has 3 aromatic carbocycles. The molecule has 0 saturated carbocycles. The molecule has 178 valence electrons. The second kappa shape index (κ2) is 10.9. The summed E-state index contributed by atoms with van der Waals surface area (Å²) >= 11 is 12.5. The molecular weight excluding hydrogens is 504 g/mol. The number of thiocarbonyl (C=S) groups is 1. The van der Waals surface area contributed by atoms with Gasteiger partial charge in [-0.2, -0.15) is 5.01 Å². The first-order chi connectivity index (χ1) is 16.9. The van der Waals surface area contributed by atoms with Crippen LogP contribution in [0.1, 0.15) is 27.0 Å². The first kappa shape index (κ1) is 24.8. The Bertz CT molecular complexity index is 1340. The lowest BCUT2D eigenvalue weighted by Gasteiger charge is -2.16. The number of hydrazine groups is 1. The number of nitrogens with one attached hydrogen (secondary N) is 1. The summed E-state index contributed by atoms with van der Waals surface area (Å²) in [5.41, 5.74) is 5.74. The molecule has 0 aliphatic carbocycles. The van der Waals surface area contributed by atoms with Gasteiger partial charge in [-0.25, -0.2) is 0 Å². The van der Waals surface area contributed by atoms with Crippen LogP contribution >= 0.6 is 35.6 Å². The van der Waals surface area contributed by atoms with Crippen LogP contribution in [-0.2, 0) is 11.4 Å². The second-order valence-electron chi connectivity index (χ2n) is 7.56. The zero-order valence-corrected chi connectivity index (χ0v) is 21.3. The summed E-state index contributed by atoms with van der Waals surface area (Å²) in [6.07, 6.45) is 1.69. The Morgan fingerprint density at radius 1 is 1.11 bits per heavy atom. The second-order valence-corrected chi connectivity index (χ2v) is 9.65. The van der Waals surface area contributed by atoms with Crippen LogP contribution in [-0.4, -0.2) is 28.3 Å². The number of methoxy groups -OCH3 is 1. The van der Waals surface area contributed by atoms with E-state index < -0.39 is 11.8 Å². The average Bonchev–Trinajstić information content (AvgIpc) is 3.11. The van der Waals surface area contributed by atoms with E-state index in [1.165, 1.54) is 0 Å². The van der Waals surface area contributed by atoms with Gasteiger partial charge in [0, 0.05) is 0 Å². The van der Waals surface area contributed by atoms with E-state index in [0.29, 0.717) is 23.0 Å². The molecule has 0 radical (unpaired) electrons. The molecule has 0 bridgehead atoms. The van der Waals surface area contributed by atoms with Crippen molar-refractivity contribution in [3.63, 3.8) is 0 Å². The monoisotopic (exact) mass is 524 g/mol. The number of aryl methyl sites for hydroxylation is 1. The summed E-state index contributed by atoms with van der Waals surface area (Å²) in [5, 5.41) is 1.33. The van der Waals surface area contributed by atoms with Gasteiger partial charge in [0.25, 0.3) is 11.8 Å². The van der Waals surface area contributed by atoms with Crippen LogP contribution in [0, 0.1) is 6.92 Å². The number of hydrogen-bond acceptors (Lipinski definition) is 6. The summed E-state index contributed by atoms with van der Waals surface area (Å²) in [6, 6.07) is 20.0. The molecule has 1 N–H and O–H groups in total. The number of ether oxygens (including phenoxy) is 2. The smallest absolute Gasteiger partial charge is 0.285 e. The van der Waals surface area contributed by atoms with E-state index in [1.54, 1.807) is 49.6 Å². The Morgan fingerprint density at radius 3 is 2.60 bits per heavy atom. The fourth-order valence-corrected chi connectivity index (χ4v) is 4.74. The van der Waals surface area contributed by atoms with Crippen LogP contribution in [0.25, 0.3) is 6.08 Å². The highest BCUT2D eigenvalue weighted by Gasteiger charge is 2.34. The van der Waals surface area contributed by atoms with Gasteiger partial charge in [0.2, 0.25) is 0 Å². The number of benzene rings is 3. The highest BCUT2D eigenvalue weighted by Crippen LogP contribution is 2.34. The average molecular weight is 525 g/mol. The highest BCUT2D eigenvalue weighted by molar-refractivity contribution is 8.26. The fraction of sp³-hybridized carbons (Fsp3) is 0.115. The van der Waals surface area contributed by atoms with E-state index in [0.717, 1.165) is 33.5 Å². The molecular formula is C26H21ClN2O4S2. The summed E-state index contributed by atoms with van der Waals surface area (Å²) in [6.45, 7) is 2.44. The minimum atomic E-state index is -0.523. The van der Waals surface area contributed by atoms with Gasteiger partial charge in [-0.15, -0.1) is 0 Å². The number of thioether (sulfide) groups is 1. The first-order valence-electron chi connectivity index (χ1n) is 10.6. The zero-order valence-electron chi connectivity index (χ0n) is 18.9. The van der Waals surface area contributed by atoms with Gasteiger partial charge < -0.3 is 9.47 Å². The van der Waals surface area contributed by atoms with Crippen LogP contribution in [0.2, 0.25) is 5.02 Å². The maximum atomic E-state index is 12.9. The van der Waals surface area contributed by atoms with E-state index in [2.05, 4.69) is 5.43 Å². The number of carbonyl (C=O) groups is 2. The van der Waals surface area contributed by atoms with Crippen LogP contribution in [0.4, 0.5) is 0 Å². The van der Waals surface area contributed by atoms with Crippen LogP contribution < -0.4 is 14.9 Å². The van der Waals surface area contributed by atoms with Crippen molar-refractivity contribution in [3.05, 3.63) is 98.9 Å². The summed E-state index contributed by atoms with van der Waals surface area (Å²) in [7, 11) is 1.56. The number of carbonyl (C=O) groups excluding carboxylic acids is 2. The maximum absolute atomic E-state index is 12.9. The van der Waals surface area contributed by atoms with Gasteiger partial charge in [0.1, 0.15) is 6.61 Å². The lowest BCUT2D eigenvalue weighted by molar-refractivity contribution is -0.123. The van der Waals surface area contributed by atoms with Crippen molar-refractivity contribution in [3.8, 4) is 11.5 Å². The fourth-order valence-electron chi connectivity index (χ4n) is 3.34. The van der Waals surface area contributed by atoms with Crippen molar-refractivity contribution in [1.29, 1.82) is 0 Å². The minimum absolute atomic E-state index is 0.215.